The van der Waals surface area contributed by atoms with Crippen molar-refractivity contribution in [3.05, 3.63) is 22.7 Å². The molecule has 2 atom stereocenters. The average Bonchev–Trinajstić information content (AvgIpc) is 2.63. The molecule has 144 valence electrons. The maximum Gasteiger partial charge on any atom is 0.338 e. The molecule has 1 saturated carbocycles. The first-order valence-corrected chi connectivity index (χ1v) is 9.30. The summed E-state index contributed by atoms with van der Waals surface area (Å²) in [7, 11) is 1.46. The number of benzene rings is 1. The van der Waals surface area contributed by atoms with Crippen molar-refractivity contribution in [3.63, 3.8) is 0 Å². The summed E-state index contributed by atoms with van der Waals surface area (Å²) in [5, 5.41) is 3.20. The Morgan fingerprint density at radius 1 is 1.27 bits per heavy atom. The Kier molecular flexibility index (Phi) is 7.57. The van der Waals surface area contributed by atoms with Crippen molar-refractivity contribution >= 4 is 23.5 Å². The molecule has 0 spiro atoms. The van der Waals surface area contributed by atoms with Crippen molar-refractivity contribution in [3.8, 4) is 11.5 Å². The predicted octanol–water partition coefficient (Wildman–Crippen LogP) is 3.60. The Morgan fingerprint density at radius 3 is 2.65 bits per heavy atom. The molecule has 1 aromatic carbocycles. The number of amides is 1. The van der Waals surface area contributed by atoms with Crippen LogP contribution in [0, 0.1) is 5.92 Å². The van der Waals surface area contributed by atoms with Crippen LogP contribution in [-0.4, -0.2) is 38.2 Å². The smallest absolute Gasteiger partial charge is 0.338 e. The number of carbonyl (C=O) groups is 2. The van der Waals surface area contributed by atoms with Crippen molar-refractivity contribution in [2.75, 3.05) is 20.3 Å². The molecule has 2 rings (SSSR count). The second kappa shape index (κ2) is 9.67. The van der Waals surface area contributed by atoms with E-state index in [9.17, 15) is 9.59 Å². The minimum atomic E-state index is -0.639. The van der Waals surface area contributed by atoms with Crippen molar-refractivity contribution in [1.29, 1.82) is 0 Å². The van der Waals surface area contributed by atoms with E-state index < -0.39 is 5.97 Å². The highest BCUT2D eigenvalue weighted by atomic mass is 35.5. The van der Waals surface area contributed by atoms with Crippen LogP contribution in [0.1, 0.15) is 49.9 Å². The summed E-state index contributed by atoms with van der Waals surface area (Å²) < 4.78 is 15.7. The number of ether oxygens (including phenoxy) is 3. The van der Waals surface area contributed by atoms with E-state index in [2.05, 4.69) is 12.2 Å². The molecule has 1 fully saturated rings. The van der Waals surface area contributed by atoms with Crippen LogP contribution in [-0.2, 0) is 9.53 Å². The molecule has 26 heavy (non-hydrogen) atoms. The second-order valence-electron chi connectivity index (χ2n) is 6.43. The molecule has 1 amide bonds. The van der Waals surface area contributed by atoms with Gasteiger partial charge in [0.25, 0.3) is 5.91 Å². The highest BCUT2D eigenvalue weighted by Gasteiger charge is 2.23. The molecule has 0 unspecified atom stereocenters. The van der Waals surface area contributed by atoms with Gasteiger partial charge in [-0.25, -0.2) is 4.79 Å². The van der Waals surface area contributed by atoms with Gasteiger partial charge in [0.2, 0.25) is 0 Å². The van der Waals surface area contributed by atoms with Gasteiger partial charge in [-0.3, -0.25) is 4.79 Å². The van der Waals surface area contributed by atoms with E-state index in [0.29, 0.717) is 24.0 Å². The van der Waals surface area contributed by atoms with E-state index in [1.165, 1.54) is 25.7 Å². The van der Waals surface area contributed by atoms with Gasteiger partial charge in [0.05, 0.1) is 24.3 Å². The number of rotatable bonds is 7. The number of methoxy groups -OCH3 is 1. The van der Waals surface area contributed by atoms with Crippen LogP contribution >= 0.6 is 11.6 Å². The number of carbonyl (C=O) groups excluding carboxylic acids is 2. The van der Waals surface area contributed by atoms with Crippen LogP contribution in [0.25, 0.3) is 0 Å². The Labute approximate surface area is 159 Å². The first-order valence-electron chi connectivity index (χ1n) is 8.93. The van der Waals surface area contributed by atoms with Gasteiger partial charge in [-0.05, 0) is 37.8 Å². The van der Waals surface area contributed by atoms with Crippen LogP contribution in [0.5, 0.6) is 11.5 Å². The fraction of sp³-hybridized carbons (Fsp3) is 0.579. The van der Waals surface area contributed by atoms with E-state index in [0.717, 1.165) is 19.3 Å². The summed E-state index contributed by atoms with van der Waals surface area (Å²) in [6, 6.07) is 3.08. The van der Waals surface area contributed by atoms with Gasteiger partial charge in [0.1, 0.15) is 0 Å². The lowest BCUT2D eigenvalue weighted by atomic mass is 9.86. The summed E-state index contributed by atoms with van der Waals surface area (Å²) >= 11 is 6.15. The van der Waals surface area contributed by atoms with Gasteiger partial charge in [-0.1, -0.05) is 31.4 Å². The van der Waals surface area contributed by atoms with Crippen molar-refractivity contribution in [1.82, 2.24) is 5.32 Å². The average molecular weight is 384 g/mol. The number of hydrogen-bond acceptors (Lipinski definition) is 5. The number of hydrogen-bond donors (Lipinski definition) is 1. The Balaban J connectivity index is 1.94. The molecule has 1 aromatic rings. The first-order chi connectivity index (χ1) is 12.5. The summed E-state index contributed by atoms with van der Waals surface area (Å²) in [4.78, 5) is 24.3. The van der Waals surface area contributed by atoms with E-state index in [-0.39, 0.29) is 29.1 Å². The summed E-state index contributed by atoms with van der Waals surface area (Å²) in [6.07, 6.45) is 4.38. The second-order valence-corrected chi connectivity index (χ2v) is 6.84. The highest BCUT2D eigenvalue weighted by Crippen LogP contribution is 2.36. The zero-order valence-corrected chi connectivity index (χ0v) is 16.2. The summed E-state index contributed by atoms with van der Waals surface area (Å²) in [6.45, 7) is 4.04. The molecule has 0 aliphatic heterocycles. The lowest BCUT2D eigenvalue weighted by Gasteiger charge is -2.29. The predicted molar refractivity (Wildman–Crippen MR) is 99.0 cm³/mol. The standard InChI is InChI=1S/C19H26ClNO5/c1-4-25-18-14(20)9-13(10-16(18)24-3)19(23)26-11-17(22)21-15-8-6-5-7-12(15)2/h9-10,12,15H,4-8,11H2,1-3H3,(H,21,22)/t12-,15+/m1/s1. The fourth-order valence-corrected chi connectivity index (χ4v) is 3.38. The lowest BCUT2D eigenvalue weighted by molar-refractivity contribution is -0.125. The van der Waals surface area contributed by atoms with Crippen molar-refractivity contribution in [2.24, 2.45) is 5.92 Å². The topological polar surface area (TPSA) is 73.9 Å². The fourth-order valence-electron chi connectivity index (χ4n) is 3.12. The lowest BCUT2D eigenvalue weighted by Crippen LogP contribution is -2.42. The Bertz CT molecular complexity index is 649. The molecule has 0 radical (unpaired) electrons. The minimum Gasteiger partial charge on any atom is -0.493 e. The highest BCUT2D eigenvalue weighted by molar-refractivity contribution is 6.32. The quantitative estimate of drug-likeness (QED) is 0.728. The van der Waals surface area contributed by atoms with E-state index in [1.807, 2.05) is 6.92 Å². The molecule has 6 nitrogen and oxygen atoms in total. The Hall–Kier alpha value is -1.95. The zero-order chi connectivity index (χ0) is 19.1. The van der Waals surface area contributed by atoms with Gasteiger partial charge in [-0.15, -0.1) is 0 Å². The number of nitrogens with one attached hydrogen (secondary N) is 1. The molecular formula is C19H26ClNO5. The SMILES string of the molecule is CCOc1c(Cl)cc(C(=O)OCC(=O)N[C@H]2CCCC[C@H]2C)cc1OC. The Morgan fingerprint density at radius 2 is 2.00 bits per heavy atom. The third-order valence-corrected chi connectivity index (χ3v) is 4.83. The van der Waals surface area contributed by atoms with Crippen LogP contribution in [0.4, 0.5) is 0 Å². The van der Waals surface area contributed by atoms with Crippen molar-refractivity contribution in [2.45, 2.75) is 45.6 Å². The van der Waals surface area contributed by atoms with Gasteiger partial charge in [0, 0.05) is 6.04 Å². The monoisotopic (exact) mass is 383 g/mol. The molecular weight excluding hydrogens is 358 g/mol. The molecule has 0 heterocycles. The summed E-state index contributed by atoms with van der Waals surface area (Å²) in [5.74, 6) is 0.225. The zero-order valence-electron chi connectivity index (χ0n) is 15.5. The molecule has 1 aliphatic rings. The van der Waals surface area contributed by atoms with Crippen LogP contribution in [0.15, 0.2) is 12.1 Å². The largest absolute Gasteiger partial charge is 0.493 e. The molecule has 7 heteroatoms. The van der Waals surface area contributed by atoms with Crippen LogP contribution < -0.4 is 14.8 Å². The third-order valence-electron chi connectivity index (χ3n) is 4.55. The third kappa shape index (κ3) is 5.27. The van der Waals surface area contributed by atoms with E-state index >= 15 is 0 Å². The van der Waals surface area contributed by atoms with Gasteiger partial charge in [0.15, 0.2) is 18.1 Å². The molecule has 0 aromatic heterocycles. The first kappa shape index (κ1) is 20.4. The maximum atomic E-state index is 12.2. The van der Waals surface area contributed by atoms with Crippen molar-refractivity contribution < 1.29 is 23.8 Å². The van der Waals surface area contributed by atoms with Crippen LogP contribution in [0.2, 0.25) is 5.02 Å². The maximum absolute atomic E-state index is 12.2. The minimum absolute atomic E-state index is 0.148. The van der Waals surface area contributed by atoms with Gasteiger partial charge >= 0.3 is 5.97 Å². The number of halogens is 1. The number of esters is 1. The van der Waals surface area contributed by atoms with Crippen LogP contribution in [0.3, 0.4) is 0 Å². The molecule has 0 bridgehead atoms. The normalized spacial score (nSPS) is 19.5. The van der Waals surface area contributed by atoms with Gasteiger partial charge < -0.3 is 19.5 Å². The van der Waals surface area contributed by atoms with Gasteiger partial charge in [-0.2, -0.15) is 0 Å². The molecule has 1 N–H and O–H groups in total. The molecule has 0 saturated heterocycles. The van der Waals surface area contributed by atoms with E-state index in [1.54, 1.807) is 0 Å². The molecule has 1 aliphatic carbocycles. The van der Waals surface area contributed by atoms with E-state index in [4.69, 9.17) is 25.8 Å². The summed E-state index contributed by atoms with van der Waals surface area (Å²) in [5.41, 5.74) is 0.203.